The summed E-state index contributed by atoms with van der Waals surface area (Å²) in [5, 5.41) is 17.8. The zero-order valence-corrected chi connectivity index (χ0v) is 13.2. The average Bonchev–Trinajstić information content (AvgIpc) is 2.53. The van der Waals surface area contributed by atoms with Crippen molar-refractivity contribution in [2.75, 3.05) is 19.8 Å². The third-order valence-electron chi connectivity index (χ3n) is 3.42. The van der Waals surface area contributed by atoms with Crippen molar-refractivity contribution < 1.29 is 17.7 Å². The largest absolute Gasteiger partial charge is 0.394 e. The molecule has 122 valence electrons. The summed E-state index contributed by atoms with van der Waals surface area (Å²) >= 11 is 0. The molecular weight excluding hydrogens is 252 g/mol. The van der Waals surface area contributed by atoms with Crippen LogP contribution in [0.2, 0.25) is 0 Å². The van der Waals surface area contributed by atoms with Crippen molar-refractivity contribution in [1.82, 2.24) is 0 Å². The lowest BCUT2D eigenvalue weighted by molar-refractivity contribution is 0.00526. The Kier molecular flexibility index (Phi) is 13.8. The molecule has 2 unspecified atom stereocenters. The Hall–Kier alpha value is -0.120. The first-order valence-electron chi connectivity index (χ1n) is 9.52. The minimum Gasteiger partial charge on any atom is -0.394 e. The van der Waals surface area contributed by atoms with Crippen molar-refractivity contribution in [3.8, 4) is 0 Å². The molecule has 0 fully saturated rings. The van der Waals surface area contributed by atoms with Gasteiger partial charge in [0.1, 0.15) is 6.10 Å². The van der Waals surface area contributed by atoms with Crippen LogP contribution >= 0.6 is 0 Å². The van der Waals surface area contributed by atoms with E-state index >= 15 is 0 Å². The van der Waals surface area contributed by atoms with Crippen molar-refractivity contribution in [1.29, 1.82) is 0 Å². The van der Waals surface area contributed by atoms with Crippen LogP contribution in [0.4, 0.5) is 0 Å². The Morgan fingerprint density at radius 3 is 1.90 bits per heavy atom. The minimum absolute atomic E-state index is 0.0714. The molecule has 0 aromatic carbocycles. The van der Waals surface area contributed by atoms with Crippen LogP contribution in [0.15, 0.2) is 0 Å². The van der Waals surface area contributed by atoms with Gasteiger partial charge in [-0.25, -0.2) is 0 Å². The van der Waals surface area contributed by atoms with Crippen LogP contribution in [0.1, 0.15) is 86.7 Å². The van der Waals surface area contributed by atoms with Gasteiger partial charge in [0, 0.05) is 7.95 Å². The lowest BCUT2D eigenvalue weighted by Crippen LogP contribution is -2.19. The number of unbranched alkanes of at least 4 members (excludes halogenated alkanes) is 9. The highest BCUT2D eigenvalue weighted by Crippen LogP contribution is 2.11. The molecule has 0 rings (SSSR count). The smallest absolute Gasteiger partial charge is 0.100 e. The SMILES string of the molecule is [3H]C(CCCCCCCCCCCC)C([3H])OC[C@@H](O)CO. The zero-order valence-electron chi connectivity index (χ0n) is 15.2. The first-order chi connectivity index (χ1) is 10.6. The van der Waals surface area contributed by atoms with Gasteiger partial charge in [-0.1, -0.05) is 77.6 Å². The van der Waals surface area contributed by atoms with Crippen LogP contribution in [0.3, 0.4) is 0 Å². The highest BCUT2D eigenvalue weighted by atomic mass is 16.5. The molecule has 2 N–H and O–H groups in total. The second-order valence-electron chi connectivity index (χ2n) is 5.51. The van der Waals surface area contributed by atoms with Crippen LogP contribution in [0, 0.1) is 0 Å². The summed E-state index contributed by atoms with van der Waals surface area (Å²) in [7, 11) is 0. The molecule has 0 aliphatic carbocycles. The third kappa shape index (κ3) is 15.9. The second-order valence-corrected chi connectivity index (χ2v) is 5.51. The molecule has 3 atom stereocenters. The highest BCUT2D eigenvalue weighted by molar-refractivity contribution is 4.50. The van der Waals surface area contributed by atoms with E-state index in [0.717, 1.165) is 12.8 Å². The number of hydrogen-bond acceptors (Lipinski definition) is 3. The van der Waals surface area contributed by atoms with Crippen molar-refractivity contribution in [2.45, 2.75) is 90.1 Å². The topological polar surface area (TPSA) is 49.7 Å². The maximum atomic E-state index is 9.13. The maximum Gasteiger partial charge on any atom is 0.100 e. The van der Waals surface area contributed by atoms with Crippen molar-refractivity contribution in [2.24, 2.45) is 0 Å². The summed E-state index contributed by atoms with van der Waals surface area (Å²) in [6, 6.07) is 0. The summed E-state index contributed by atoms with van der Waals surface area (Å²) in [6.45, 7) is 0.868. The average molecular weight is 292 g/mol. The number of rotatable bonds is 16. The van der Waals surface area contributed by atoms with Crippen LogP contribution in [-0.4, -0.2) is 36.1 Å². The monoisotopic (exact) mass is 292 g/mol. The number of hydrogen-bond donors (Lipinski definition) is 2. The summed E-state index contributed by atoms with van der Waals surface area (Å²) in [4.78, 5) is 0. The normalized spacial score (nSPS) is 17.4. The fourth-order valence-electron chi connectivity index (χ4n) is 2.11. The van der Waals surface area contributed by atoms with E-state index < -0.39 is 19.1 Å². The molecule has 0 aliphatic rings. The molecule has 0 saturated heterocycles. The lowest BCUT2D eigenvalue weighted by Gasteiger charge is -2.08. The molecule has 0 aliphatic heterocycles. The molecule has 0 saturated carbocycles. The van der Waals surface area contributed by atoms with Crippen molar-refractivity contribution >= 4 is 0 Å². The Labute approximate surface area is 128 Å². The van der Waals surface area contributed by atoms with Crippen LogP contribution in [-0.2, 0) is 4.74 Å². The fraction of sp³-hybridized carbons (Fsp3) is 1.00. The summed E-state index contributed by atoms with van der Waals surface area (Å²) in [5.41, 5.74) is 0. The van der Waals surface area contributed by atoms with E-state index in [0.29, 0.717) is 6.42 Å². The first-order valence-corrected chi connectivity index (χ1v) is 8.36. The van der Waals surface area contributed by atoms with E-state index in [1.54, 1.807) is 0 Å². The molecule has 0 heterocycles. The summed E-state index contributed by atoms with van der Waals surface area (Å²) < 4.78 is 20.6. The molecule has 0 bridgehead atoms. The summed E-state index contributed by atoms with van der Waals surface area (Å²) in [6.07, 6.45) is 11.8. The molecule has 3 nitrogen and oxygen atoms in total. The van der Waals surface area contributed by atoms with Gasteiger partial charge >= 0.3 is 0 Å². The number of ether oxygens (including phenoxy) is 1. The molecule has 0 radical (unpaired) electrons. The van der Waals surface area contributed by atoms with Gasteiger partial charge in [0.25, 0.3) is 0 Å². The number of aliphatic hydroxyl groups is 2. The van der Waals surface area contributed by atoms with E-state index in [9.17, 15) is 0 Å². The fourth-order valence-corrected chi connectivity index (χ4v) is 2.11. The maximum absolute atomic E-state index is 9.13. The van der Waals surface area contributed by atoms with Crippen LogP contribution < -0.4 is 0 Å². The Morgan fingerprint density at radius 2 is 1.40 bits per heavy atom. The first kappa shape index (κ1) is 16.3. The van der Waals surface area contributed by atoms with E-state index in [4.69, 9.17) is 17.7 Å². The highest BCUT2D eigenvalue weighted by Gasteiger charge is 2.00. The summed E-state index contributed by atoms with van der Waals surface area (Å²) in [5.74, 6) is 0. The van der Waals surface area contributed by atoms with Crippen LogP contribution in [0.25, 0.3) is 0 Å². The molecule has 3 heteroatoms. The molecule has 0 aromatic rings. The van der Waals surface area contributed by atoms with Gasteiger partial charge in [-0.2, -0.15) is 0 Å². The Bertz CT molecular complexity index is 230. The quantitative estimate of drug-likeness (QED) is 0.422. The van der Waals surface area contributed by atoms with E-state index in [1.807, 2.05) is 0 Å². The Balaban J connectivity index is 3.35. The zero-order chi connectivity index (χ0) is 16.6. The van der Waals surface area contributed by atoms with E-state index in [1.165, 1.54) is 51.4 Å². The number of aliphatic hydroxyl groups excluding tert-OH is 2. The predicted molar refractivity (Wildman–Crippen MR) is 85.0 cm³/mol. The van der Waals surface area contributed by atoms with Gasteiger partial charge < -0.3 is 14.9 Å². The van der Waals surface area contributed by atoms with Gasteiger partial charge in [0.2, 0.25) is 0 Å². The van der Waals surface area contributed by atoms with Gasteiger partial charge in [-0.05, 0) is 6.40 Å². The van der Waals surface area contributed by atoms with E-state index in [2.05, 4.69) is 6.92 Å². The minimum atomic E-state index is -0.947. The standard InChI is InChI=1S/C17H36O3/c1-2-3-4-5-6-7-8-9-10-11-12-13-14-20-16-17(19)15-18/h17-19H,2-16H2,1H3/t17-/m0/s1/i13T,14T/t13?,14?,17-. The predicted octanol–water partition coefficient (Wildman–Crippen LogP) is 4.06. The van der Waals surface area contributed by atoms with Gasteiger partial charge in [-0.3, -0.25) is 0 Å². The van der Waals surface area contributed by atoms with Gasteiger partial charge in [0.15, 0.2) is 0 Å². The van der Waals surface area contributed by atoms with Gasteiger partial charge in [0.05, 0.1) is 14.6 Å². The van der Waals surface area contributed by atoms with Gasteiger partial charge in [-0.15, -0.1) is 0 Å². The van der Waals surface area contributed by atoms with Crippen LogP contribution in [0.5, 0.6) is 0 Å². The third-order valence-corrected chi connectivity index (χ3v) is 3.42. The molecule has 0 amide bonds. The lowest BCUT2D eigenvalue weighted by atomic mass is 10.1. The second kappa shape index (κ2) is 16.9. The van der Waals surface area contributed by atoms with Crippen molar-refractivity contribution in [3.05, 3.63) is 0 Å². The Morgan fingerprint density at radius 1 is 0.900 bits per heavy atom. The molecule has 20 heavy (non-hydrogen) atoms. The molecule has 0 spiro atoms. The van der Waals surface area contributed by atoms with E-state index in [-0.39, 0.29) is 13.2 Å². The molecular formula is C17H36O3. The molecule has 0 aromatic heterocycles. The van der Waals surface area contributed by atoms with Crippen molar-refractivity contribution in [3.63, 3.8) is 0 Å².